The quantitative estimate of drug-likeness (QED) is 0.751. The van der Waals surface area contributed by atoms with Crippen molar-refractivity contribution >= 4 is 10.0 Å². The van der Waals surface area contributed by atoms with E-state index < -0.39 is 34.8 Å². The third-order valence-electron chi connectivity index (χ3n) is 3.49. The van der Waals surface area contributed by atoms with Crippen molar-refractivity contribution in [2.24, 2.45) is 11.8 Å². The third kappa shape index (κ3) is 6.58. The lowest BCUT2D eigenvalue weighted by Gasteiger charge is -2.17. The molecular weight excluding hydrogens is 283 g/mol. The van der Waals surface area contributed by atoms with Crippen LogP contribution in [0.3, 0.4) is 0 Å². The molecule has 1 fully saturated rings. The lowest BCUT2D eigenvalue weighted by Crippen LogP contribution is -2.33. The SMILES string of the molecule is O=S(=O)(CCCC(F)(F)F)NCC1CCCC1CO. The molecule has 0 spiro atoms. The van der Waals surface area contributed by atoms with Crippen molar-refractivity contribution in [2.75, 3.05) is 18.9 Å². The molecule has 19 heavy (non-hydrogen) atoms. The Hall–Kier alpha value is -0.340. The molecule has 0 heterocycles. The van der Waals surface area contributed by atoms with E-state index in [0.29, 0.717) is 0 Å². The molecule has 0 saturated heterocycles. The molecule has 114 valence electrons. The van der Waals surface area contributed by atoms with Crippen molar-refractivity contribution in [1.82, 2.24) is 4.72 Å². The van der Waals surface area contributed by atoms with Gasteiger partial charge in [-0.3, -0.25) is 0 Å². The molecule has 0 aromatic rings. The maximum atomic E-state index is 11.9. The van der Waals surface area contributed by atoms with E-state index in [9.17, 15) is 21.6 Å². The summed E-state index contributed by atoms with van der Waals surface area (Å²) >= 11 is 0. The molecule has 2 unspecified atom stereocenters. The third-order valence-corrected chi connectivity index (χ3v) is 4.92. The van der Waals surface area contributed by atoms with Gasteiger partial charge in [0.1, 0.15) is 0 Å². The van der Waals surface area contributed by atoms with Gasteiger partial charge in [-0.15, -0.1) is 0 Å². The highest BCUT2D eigenvalue weighted by Crippen LogP contribution is 2.30. The Morgan fingerprint density at radius 2 is 1.84 bits per heavy atom. The van der Waals surface area contributed by atoms with Gasteiger partial charge in [-0.2, -0.15) is 13.2 Å². The van der Waals surface area contributed by atoms with Gasteiger partial charge in [-0.25, -0.2) is 13.1 Å². The number of halogens is 3. The number of aliphatic hydroxyl groups excluding tert-OH is 1. The Kier molecular flexibility index (Phi) is 6.07. The highest BCUT2D eigenvalue weighted by Gasteiger charge is 2.29. The molecule has 1 rings (SSSR count). The first-order valence-electron chi connectivity index (χ1n) is 6.38. The van der Waals surface area contributed by atoms with Crippen molar-refractivity contribution in [3.63, 3.8) is 0 Å². The van der Waals surface area contributed by atoms with E-state index in [1.807, 2.05) is 0 Å². The predicted octanol–water partition coefficient (Wildman–Crippen LogP) is 1.66. The Morgan fingerprint density at radius 1 is 1.21 bits per heavy atom. The number of hydrogen-bond acceptors (Lipinski definition) is 3. The fourth-order valence-electron chi connectivity index (χ4n) is 2.39. The van der Waals surface area contributed by atoms with Crippen LogP contribution in [-0.4, -0.2) is 38.6 Å². The minimum absolute atomic E-state index is 0.0282. The van der Waals surface area contributed by atoms with Gasteiger partial charge in [0.05, 0.1) is 5.75 Å². The Balaban J connectivity index is 2.30. The summed E-state index contributed by atoms with van der Waals surface area (Å²) in [6, 6.07) is 0. The van der Waals surface area contributed by atoms with Gasteiger partial charge in [0, 0.05) is 19.6 Å². The molecule has 0 amide bonds. The van der Waals surface area contributed by atoms with Gasteiger partial charge in [0.15, 0.2) is 0 Å². The van der Waals surface area contributed by atoms with E-state index in [-0.39, 0.29) is 25.0 Å². The minimum Gasteiger partial charge on any atom is -0.396 e. The van der Waals surface area contributed by atoms with Crippen LogP contribution in [0.4, 0.5) is 13.2 Å². The second-order valence-electron chi connectivity index (χ2n) is 5.02. The number of alkyl halides is 3. The van der Waals surface area contributed by atoms with Crippen molar-refractivity contribution in [3.05, 3.63) is 0 Å². The molecule has 2 atom stereocenters. The summed E-state index contributed by atoms with van der Waals surface area (Å²) in [5.74, 6) is -0.330. The molecule has 0 aromatic heterocycles. The van der Waals surface area contributed by atoms with Crippen molar-refractivity contribution in [1.29, 1.82) is 0 Å². The summed E-state index contributed by atoms with van der Waals surface area (Å²) in [4.78, 5) is 0. The molecule has 2 N–H and O–H groups in total. The smallest absolute Gasteiger partial charge is 0.389 e. The van der Waals surface area contributed by atoms with Crippen LogP contribution in [0.5, 0.6) is 0 Å². The van der Waals surface area contributed by atoms with Crippen LogP contribution < -0.4 is 4.72 Å². The van der Waals surface area contributed by atoms with Crippen LogP contribution in [0, 0.1) is 11.8 Å². The number of aliphatic hydroxyl groups is 1. The van der Waals surface area contributed by atoms with E-state index in [1.54, 1.807) is 0 Å². The molecule has 1 aliphatic carbocycles. The highest BCUT2D eigenvalue weighted by molar-refractivity contribution is 7.89. The first kappa shape index (κ1) is 16.7. The van der Waals surface area contributed by atoms with E-state index in [1.165, 1.54) is 0 Å². The van der Waals surface area contributed by atoms with Crippen molar-refractivity contribution < 1.29 is 26.7 Å². The fourth-order valence-corrected chi connectivity index (χ4v) is 3.53. The number of sulfonamides is 1. The molecular formula is C11H20F3NO3S. The topological polar surface area (TPSA) is 66.4 Å². The normalized spacial score (nSPS) is 24.8. The van der Waals surface area contributed by atoms with Crippen molar-refractivity contribution in [2.45, 2.75) is 38.3 Å². The number of rotatable bonds is 7. The average Bonchev–Trinajstić information content (AvgIpc) is 2.71. The van der Waals surface area contributed by atoms with Gasteiger partial charge in [-0.05, 0) is 31.1 Å². The molecule has 0 aromatic carbocycles. The van der Waals surface area contributed by atoms with E-state index in [0.717, 1.165) is 19.3 Å². The first-order chi connectivity index (χ1) is 8.73. The zero-order valence-corrected chi connectivity index (χ0v) is 11.4. The number of hydrogen-bond donors (Lipinski definition) is 2. The Labute approximate surface area is 111 Å². The summed E-state index contributed by atoms with van der Waals surface area (Å²) in [5.41, 5.74) is 0. The molecule has 0 radical (unpaired) electrons. The second kappa shape index (κ2) is 6.90. The summed E-state index contributed by atoms with van der Waals surface area (Å²) in [7, 11) is -3.65. The monoisotopic (exact) mass is 303 g/mol. The second-order valence-corrected chi connectivity index (χ2v) is 6.95. The van der Waals surface area contributed by atoms with Crippen LogP contribution in [0.1, 0.15) is 32.1 Å². The fraction of sp³-hybridized carbons (Fsp3) is 1.00. The van der Waals surface area contributed by atoms with Gasteiger partial charge in [0.2, 0.25) is 10.0 Å². The number of nitrogens with one attached hydrogen (secondary N) is 1. The van der Waals surface area contributed by atoms with Gasteiger partial charge >= 0.3 is 6.18 Å². The minimum atomic E-state index is -4.32. The summed E-state index contributed by atoms with van der Waals surface area (Å²) < 4.78 is 61.1. The Bertz CT molecular complexity index is 370. The maximum absolute atomic E-state index is 11.9. The maximum Gasteiger partial charge on any atom is 0.389 e. The average molecular weight is 303 g/mol. The van der Waals surface area contributed by atoms with Crippen LogP contribution in [-0.2, 0) is 10.0 Å². The van der Waals surface area contributed by atoms with E-state index in [2.05, 4.69) is 4.72 Å². The zero-order chi connectivity index (χ0) is 14.5. The van der Waals surface area contributed by atoms with Gasteiger partial charge < -0.3 is 5.11 Å². The van der Waals surface area contributed by atoms with Gasteiger partial charge in [-0.1, -0.05) is 6.42 Å². The standard InChI is InChI=1S/C11H20F3NO3S/c12-11(13,14)5-2-6-19(17,18)15-7-9-3-1-4-10(9)8-16/h9-10,15-16H,1-8H2. The van der Waals surface area contributed by atoms with Crippen molar-refractivity contribution in [3.8, 4) is 0 Å². The molecule has 0 aliphatic heterocycles. The van der Waals surface area contributed by atoms with Crippen LogP contribution in [0.15, 0.2) is 0 Å². The Morgan fingerprint density at radius 3 is 2.42 bits per heavy atom. The summed E-state index contributed by atoms with van der Waals surface area (Å²) in [5, 5.41) is 9.09. The molecule has 0 bridgehead atoms. The van der Waals surface area contributed by atoms with E-state index >= 15 is 0 Å². The lowest BCUT2D eigenvalue weighted by atomic mass is 9.97. The van der Waals surface area contributed by atoms with Crippen LogP contribution in [0.25, 0.3) is 0 Å². The van der Waals surface area contributed by atoms with Gasteiger partial charge in [0.25, 0.3) is 0 Å². The molecule has 4 nitrogen and oxygen atoms in total. The van der Waals surface area contributed by atoms with Crippen LogP contribution in [0.2, 0.25) is 0 Å². The highest BCUT2D eigenvalue weighted by atomic mass is 32.2. The van der Waals surface area contributed by atoms with E-state index in [4.69, 9.17) is 5.11 Å². The lowest BCUT2D eigenvalue weighted by molar-refractivity contribution is -0.134. The summed E-state index contributed by atoms with van der Waals surface area (Å²) in [6.07, 6.45) is -3.16. The zero-order valence-electron chi connectivity index (χ0n) is 10.6. The first-order valence-corrected chi connectivity index (χ1v) is 8.04. The predicted molar refractivity (Wildman–Crippen MR) is 65.0 cm³/mol. The molecule has 8 heteroatoms. The summed E-state index contributed by atoms with van der Waals surface area (Å²) in [6.45, 7) is 0.236. The molecule has 1 saturated carbocycles. The largest absolute Gasteiger partial charge is 0.396 e. The molecule has 1 aliphatic rings. The van der Waals surface area contributed by atoms with Crippen LogP contribution >= 0.6 is 0 Å².